The summed E-state index contributed by atoms with van der Waals surface area (Å²) in [6, 6.07) is 12.9. The summed E-state index contributed by atoms with van der Waals surface area (Å²) in [5.74, 6) is 1.85. The zero-order valence-corrected chi connectivity index (χ0v) is 19.3. The third kappa shape index (κ3) is 4.61. The van der Waals surface area contributed by atoms with Crippen LogP contribution in [0.25, 0.3) is 5.69 Å². The monoisotopic (exact) mass is 468 g/mol. The minimum Gasteiger partial charge on any atom is -0.497 e. The van der Waals surface area contributed by atoms with Gasteiger partial charge in [-0.15, -0.1) is 11.8 Å². The van der Waals surface area contributed by atoms with Crippen LogP contribution in [0.1, 0.15) is 22.1 Å². The topological polar surface area (TPSA) is 118 Å². The first kappa shape index (κ1) is 22.5. The van der Waals surface area contributed by atoms with Gasteiger partial charge in [0.25, 0.3) is 5.91 Å². The van der Waals surface area contributed by atoms with Crippen LogP contribution in [0.5, 0.6) is 17.2 Å². The number of nitrogens with one attached hydrogen (secondary N) is 1. The van der Waals surface area contributed by atoms with Gasteiger partial charge in [0.1, 0.15) is 11.6 Å². The van der Waals surface area contributed by atoms with Gasteiger partial charge in [-0.2, -0.15) is 5.10 Å². The lowest BCUT2D eigenvalue weighted by Crippen LogP contribution is -2.20. The Morgan fingerprint density at radius 1 is 1.18 bits per heavy atom. The average molecular weight is 469 g/mol. The smallest absolute Gasteiger partial charge is 0.255 e. The van der Waals surface area contributed by atoms with Crippen LogP contribution in [0.2, 0.25) is 0 Å². The molecule has 0 spiro atoms. The number of methoxy groups -OCH3 is 2. The highest BCUT2D eigenvalue weighted by atomic mass is 32.2. The molecule has 3 N–H and O–H groups in total. The van der Waals surface area contributed by atoms with Crippen LogP contribution in [0, 0.1) is 6.92 Å². The molecule has 1 aliphatic heterocycles. The molecule has 1 atom stereocenters. The molecule has 33 heavy (non-hydrogen) atoms. The first-order valence-corrected chi connectivity index (χ1v) is 11.2. The molecule has 1 aromatic heterocycles. The van der Waals surface area contributed by atoms with E-state index < -0.39 is 5.91 Å². The van der Waals surface area contributed by atoms with Gasteiger partial charge in [0.15, 0.2) is 18.1 Å². The fourth-order valence-corrected chi connectivity index (χ4v) is 4.85. The Kier molecular flexibility index (Phi) is 6.45. The molecule has 0 bridgehead atoms. The Bertz CT molecular complexity index is 1190. The molecular weight excluding hydrogens is 444 g/mol. The van der Waals surface area contributed by atoms with E-state index in [9.17, 15) is 9.59 Å². The lowest BCUT2D eigenvalue weighted by molar-refractivity contribution is -0.120. The first-order chi connectivity index (χ1) is 15.9. The molecule has 9 nitrogen and oxygen atoms in total. The van der Waals surface area contributed by atoms with Crippen LogP contribution in [0.3, 0.4) is 0 Å². The number of carbonyl (C=O) groups excluding carboxylic acids is 2. The van der Waals surface area contributed by atoms with Gasteiger partial charge in [-0.1, -0.05) is 6.07 Å². The molecule has 4 rings (SSSR count). The van der Waals surface area contributed by atoms with E-state index in [-0.39, 0.29) is 23.5 Å². The second kappa shape index (κ2) is 9.45. The van der Waals surface area contributed by atoms with Crippen LogP contribution < -0.4 is 25.3 Å². The summed E-state index contributed by atoms with van der Waals surface area (Å²) in [5, 5.41) is 7.56. The van der Waals surface area contributed by atoms with Gasteiger partial charge in [-0.25, -0.2) is 4.68 Å². The average Bonchev–Trinajstić information content (AvgIpc) is 3.02. The fourth-order valence-electron chi connectivity index (χ4n) is 3.67. The van der Waals surface area contributed by atoms with E-state index in [0.29, 0.717) is 17.3 Å². The van der Waals surface area contributed by atoms with E-state index >= 15 is 0 Å². The van der Waals surface area contributed by atoms with Gasteiger partial charge in [0.2, 0.25) is 5.91 Å². The van der Waals surface area contributed by atoms with Gasteiger partial charge in [0, 0.05) is 5.56 Å². The SMILES string of the molecule is COc1ccc(-n2nc(C)c3c2NC(=O)CS[C@@H]3c2ccc(OCC(N)=O)c(OC)c2)cc1. The molecule has 2 amide bonds. The molecule has 0 unspecified atom stereocenters. The van der Waals surface area contributed by atoms with Crippen molar-refractivity contribution in [1.29, 1.82) is 0 Å². The zero-order chi connectivity index (χ0) is 23.5. The van der Waals surface area contributed by atoms with Crippen molar-refractivity contribution in [3.05, 3.63) is 59.3 Å². The van der Waals surface area contributed by atoms with Gasteiger partial charge < -0.3 is 25.3 Å². The number of carbonyl (C=O) groups is 2. The summed E-state index contributed by atoms with van der Waals surface area (Å²) in [5.41, 5.74) is 8.61. The Morgan fingerprint density at radius 3 is 2.61 bits per heavy atom. The van der Waals surface area contributed by atoms with Crippen molar-refractivity contribution in [2.24, 2.45) is 5.73 Å². The number of fused-ring (bicyclic) bond motifs is 1. The Balaban J connectivity index is 1.77. The second-order valence-corrected chi connectivity index (χ2v) is 8.46. The van der Waals surface area contributed by atoms with Crippen molar-refractivity contribution in [1.82, 2.24) is 9.78 Å². The van der Waals surface area contributed by atoms with Crippen LogP contribution in [-0.4, -0.2) is 48.2 Å². The molecule has 3 aromatic rings. The summed E-state index contributed by atoms with van der Waals surface area (Å²) in [7, 11) is 3.14. The lowest BCUT2D eigenvalue weighted by Gasteiger charge is -2.18. The number of aromatic nitrogens is 2. The number of hydrogen-bond donors (Lipinski definition) is 2. The van der Waals surface area contributed by atoms with Crippen LogP contribution in [-0.2, 0) is 9.59 Å². The number of hydrogen-bond acceptors (Lipinski definition) is 7. The number of ether oxygens (including phenoxy) is 3. The summed E-state index contributed by atoms with van der Waals surface area (Å²) in [4.78, 5) is 23.6. The quantitative estimate of drug-likeness (QED) is 0.547. The van der Waals surface area contributed by atoms with E-state index in [4.69, 9.17) is 25.0 Å². The predicted octanol–water partition coefficient (Wildman–Crippen LogP) is 2.84. The van der Waals surface area contributed by atoms with E-state index in [1.807, 2.05) is 43.3 Å². The van der Waals surface area contributed by atoms with Gasteiger partial charge in [0.05, 0.1) is 36.6 Å². The highest BCUT2D eigenvalue weighted by molar-refractivity contribution is 8.00. The lowest BCUT2D eigenvalue weighted by atomic mass is 10.0. The maximum absolute atomic E-state index is 12.6. The standard InChI is InChI=1S/C23H24N4O5S/c1-13-21-22(14-4-9-17(18(10-14)31-3)32-11-19(24)28)33-12-20(29)25-23(21)27(26-13)15-5-7-16(30-2)8-6-15/h4-10,22H,11-12H2,1-3H3,(H2,24,28)(H,25,29)/t22-/m1/s1. The van der Waals surface area contributed by atoms with Crippen molar-refractivity contribution in [2.45, 2.75) is 12.2 Å². The van der Waals surface area contributed by atoms with Crippen molar-refractivity contribution in [3.63, 3.8) is 0 Å². The second-order valence-electron chi connectivity index (χ2n) is 7.36. The van der Waals surface area contributed by atoms with Crippen molar-refractivity contribution in [2.75, 3.05) is 31.9 Å². The van der Waals surface area contributed by atoms with Crippen molar-refractivity contribution >= 4 is 29.4 Å². The molecule has 0 radical (unpaired) electrons. The Labute approximate surface area is 195 Å². The van der Waals surface area contributed by atoms with E-state index in [1.54, 1.807) is 17.9 Å². The van der Waals surface area contributed by atoms with E-state index in [0.717, 1.165) is 28.3 Å². The molecule has 172 valence electrons. The van der Waals surface area contributed by atoms with Crippen LogP contribution >= 0.6 is 11.8 Å². The number of thioether (sulfide) groups is 1. The Hall–Kier alpha value is -3.66. The minimum atomic E-state index is -0.573. The van der Waals surface area contributed by atoms with Gasteiger partial charge >= 0.3 is 0 Å². The molecular formula is C23H24N4O5S. The Morgan fingerprint density at radius 2 is 1.94 bits per heavy atom. The first-order valence-electron chi connectivity index (χ1n) is 10.2. The number of anilines is 1. The highest BCUT2D eigenvalue weighted by Gasteiger charge is 2.31. The summed E-state index contributed by atoms with van der Waals surface area (Å²) in [6.45, 7) is 1.68. The van der Waals surface area contributed by atoms with Gasteiger partial charge in [-0.3, -0.25) is 9.59 Å². The summed E-state index contributed by atoms with van der Waals surface area (Å²) in [6.07, 6.45) is 0. The number of nitrogens with two attached hydrogens (primary N) is 1. The van der Waals surface area contributed by atoms with Gasteiger partial charge in [-0.05, 0) is 48.9 Å². The normalized spacial score (nSPS) is 15.2. The molecule has 10 heteroatoms. The molecule has 0 fully saturated rings. The van der Waals surface area contributed by atoms with E-state index in [1.165, 1.54) is 18.9 Å². The maximum Gasteiger partial charge on any atom is 0.255 e. The maximum atomic E-state index is 12.6. The molecule has 0 aliphatic carbocycles. The summed E-state index contributed by atoms with van der Waals surface area (Å²) < 4.78 is 17.9. The molecule has 1 aliphatic rings. The number of nitrogens with zero attached hydrogens (tertiary/aromatic N) is 2. The van der Waals surface area contributed by atoms with Crippen molar-refractivity contribution in [3.8, 4) is 22.9 Å². The van der Waals surface area contributed by atoms with E-state index in [2.05, 4.69) is 5.32 Å². The summed E-state index contributed by atoms with van der Waals surface area (Å²) >= 11 is 1.50. The predicted molar refractivity (Wildman–Crippen MR) is 125 cm³/mol. The molecule has 2 heterocycles. The zero-order valence-electron chi connectivity index (χ0n) is 18.5. The van der Waals surface area contributed by atoms with Crippen molar-refractivity contribution < 1.29 is 23.8 Å². The fraction of sp³-hybridized carbons (Fsp3) is 0.261. The minimum absolute atomic E-state index is 0.105. The molecule has 0 saturated carbocycles. The third-order valence-corrected chi connectivity index (χ3v) is 6.46. The number of benzene rings is 2. The third-order valence-electron chi connectivity index (χ3n) is 5.19. The molecule has 0 saturated heterocycles. The highest BCUT2D eigenvalue weighted by Crippen LogP contribution is 2.45. The number of primary amides is 1. The van der Waals surface area contributed by atoms with Crippen LogP contribution in [0.4, 0.5) is 5.82 Å². The number of aryl methyl sites for hydroxylation is 1. The number of amides is 2. The number of rotatable bonds is 7. The molecule has 2 aromatic carbocycles. The largest absolute Gasteiger partial charge is 0.497 e. The van der Waals surface area contributed by atoms with Crippen LogP contribution in [0.15, 0.2) is 42.5 Å².